The highest BCUT2D eigenvalue weighted by molar-refractivity contribution is 6.28. The normalized spacial score (nSPS) is 11.8. The molecule has 0 aliphatic carbocycles. The number of nitrogens with zero attached hydrogens (tertiary/aromatic N) is 4. The van der Waals surface area contributed by atoms with Gasteiger partial charge in [-0.3, -0.25) is 4.40 Å². The highest BCUT2D eigenvalue weighted by Gasteiger charge is 2.09. The van der Waals surface area contributed by atoms with Gasteiger partial charge < -0.3 is 10.5 Å². The van der Waals surface area contributed by atoms with Crippen molar-refractivity contribution in [3.63, 3.8) is 0 Å². The Morgan fingerprint density at radius 2 is 2.32 bits per heavy atom. The van der Waals surface area contributed by atoms with E-state index in [1.54, 1.807) is 13.3 Å². The maximum absolute atomic E-state index is 5.71. The van der Waals surface area contributed by atoms with Crippen molar-refractivity contribution in [3.8, 4) is 17.0 Å². The summed E-state index contributed by atoms with van der Waals surface area (Å²) in [4.78, 5) is 13.0. The molecule has 2 aromatic heterocycles. The molecule has 0 aliphatic heterocycles. The topological polar surface area (TPSA) is 77.8 Å². The van der Waals surface area contributed by atoms with Gasteiger partial charge in [-0.15, -0.1) is 11.6 Å². The minimum atomic E-state index is 0.158. The third kappa shape index (κ3) is 2.73. The van der Waals surface area contributed by atoms with Gasteiger partial charge in [0, 0.05) is 24.2 Å². The van der Waals surface area contributed by atoms with Crippen LogP contribution in [0.15, 0.2) is 47.8 Å². The van der Waals surface area contributed by atoms with E-state index in [0.29, 0.717) is 23.1 Å². The zero-order chi connectivity index (χ0) is 15.5. The number of methoxy groups -OCH3 is 1. The average Bonchev–Trinajstić information content (AvgIpc) is 2.98. The molecule has 0 fully saturated rings. The number of halogens is 1. The van der Waals surface area contributed by atoms with Gasteiger partial charge in [-0.05, 0) is 24.3 Å². The van der Waals surface area contributed by atoms with Crippen molar-refractivity contribution in [1.29, 1.82) is 0 Å². The van der Waals surface area contributed by atoms with Crippen molar-refractivity contribution in [3.05, 3.63) is 42.9 Å². The first-order chi connectivity index (χ1) is 10.7. The van der Waals surface area contributed by atoms with Crippen LogP contribution in [0.1, 0.15) is 0 Å². The van der Waals surface area contributed by atoms with E-state index in [2.05, 4.69) is 15.0 Å². The van der Waals surface area contributed by atoms with E-state index in [1.165, 1.54) is 0 Å². The van der Waals surface area contributed by atoms with Crippen molar-refractivity contribution in [2.75, 3.05) is 13.0 Å². The Morgan fingerprint density at radius 3 is 3.05 bits per heavy atom. The van der Waals surface area contributed by atoms with Gasteiger partial charge in [0.15, 0.2) is 0 Å². The van der Waals surface area contributed by atoms with E-state index in [-0.39, 0.29) is 5.88 Å². The molecule has 6 nitrogen and oxygen atoms in total. The molecular weight excluding hydrogens is 302 g/mol. The van der Waals surface area contributed by atoms with Gasteiger partial charge in [-0.2, -0.15) is 0 Å². The predicted octanol–water partition coefficient (Wildman–Crippen LogP) is 2.63. The standard InChI is InChI=1S/C15H14ClN5O/c1-22-13-4-3-10(7-11(13)19-14(17)8-16)12-9-21-6-2-5-18-15(21)20-12/h2-7,9H,8H2,1H3,(H2,17,19). The number of aliphatic imine (C=N–C) groups is 1. The summed E-state index contributed by atoms with van der Waals surface area (Å²) in [6, 6.07) is 7.45. The molecule has 0 radical (unpaired) electrons. The lowest BCUT2D eigenvalue weighted by molar-refractivity contribution is 0.416. The second-order valence-electron chi connectivity index (χ2n) is 4.58. The van der Waals surface area contributed by atoms with Crippen LogP contribution in [0, 0.1) is 0 Å². The van der Waals surface area contributed by atoms with E-state index in [4.69, 9.17) is 22.1 Å². The molecule has 0 unspecified atom stereocenters. The van der Waals surface area contributed by atoms with Crippen LogP contribution >= 0.6 is 11.6 Å². The smallest absolute Gasteiger partial charge is 0.234 e. The Labute approximate surface area is 132 Å². The van der Waals surface area contributed by atoms with Gasteiger partial charge >= 0.3 is 0 Å². The van der Waals surface area contributed by atoms with Gasteiger partial charge in [0.1, 0.15) is 17.3 Å². The Kier molecular flexibility index (Phi) is 3.93. The van der Waals surface area contributed by atoms with E-state index < -0.39 is 0 Å². The van der Waals surface area contributed by atoms with E-state index >= 15 is 0 Å². The number of fused-ring (bicyclic) bond motifs is 1. The largest absolute Gasteiger partial charge is 0.494 e. The lowest BCUT2D eigenvalue weighted by atomic mass is 10.1. The minimum Gasteiger partial charge on any atom is -0.494 e. The highest BCUT2D eigenvalue weighted by atomic mass is 35.5. The number of amidine groups is 1. The number of nitrogens with two attached hydrogens (primary N) is 1. The molecule has 7 heteroatoms. The molecule has 2 heterocycles. The fourth-order valence-corrected chi connectivity index (χ4v) is 2.15. The number of imidazole rings is 1. The van der Waals surface area contributed by atoms with Crippen LogP contribution in [-0.2, 0) is 0 Å². The Morgan fingerprint density at radius 1 is 1.45 bits per heavy atom. The molecule has 112 valence electrons. The second kappa shape index (κ2) is 6.03. The summed E-state index contributed by atoms with van der Waals surface area (Å²) in [5.41, 5.74) is 8.01. The van der Waals surface area contributed by atoms with Gasteiger partial charge in [0.2, 0.25) is 5.78 Å². The maximum atomic E-state index is 5.71. The van der Waals surface area contributed by atoms with Gasteiger partial charge in [-0.25, -0.2) is 15.0 Å². The van der Waals surface area contributed by atoms with E-state index in [9.17, 15) is 0 Å². The molecule has 0 spiro atoms. The molecule has 22 heavy (non-hydrogen) atoms. The van der Waals surface area contributed by atoms with Crippen LogP contribution in [0.4, 0.5) is 5.69 Å². The minimum absolute atomic E-state index is 0.158. The van der Waals surface area contributed by atoms with Crippen molar-refractivity contribution >= 4 is 28.9 Å². The van der Waals surface area contributed by atoms with Gasteiger partial charge in [-0.1, -0.05) is 0 Å². The summed E-state index contributed by atoms with van der Waals surface area (Å²) in [5, 5.41) is 0. The third-order valence-electron chi connectivity index (χ3n) is 3.11. The summed E-state index contributed by atoms with van der Waals surface area (Å²) in [6.07, 6.45) is 5.51. The molecule has 0 aliphatic rings. The zero-order valence-electron chi connectivity index (χ0n) is 11.9. The number of ether oxygens (including phenoxy) is 1. The van der Waals surface area contributed by atoms with Crippen LogP contribution in [-0.4, -0.2) is 33.2 Å². The summed E-state index contributed by atoms with van der Waals surface area (Å²) in [7, 11) is 1.58. The van der Waals surface area contributed by atoms with Crippen LogP contribution in [0.2, 0.25) is 0 Å². The van der Waals surface area contributed by atoms with Crippen molar-refractivity contribution < 1.29 is 4.74 Å². The van der Waals surface area contributed by atoms with Gasteiger partial charge in [0.25, 0.3) is 0 Å². The molecule has 2 N–H and O–H groups in total. The highest BCUT2D eigenvalue weighted by Crippen LogP contribution is 2.32. The summed E-state index contributed by atoms with van der Waals surface area (Å²) in [5.74, 6) is 1.75. The number of rotatable bonds is 4. The van der Waals surface area contributed by atoms with Gasteiger partial charge in [0.05, 0.1) is 18.7 Å². The summed E-state index contributed by atoms with van der Waals surface area (Å²) >= 11 is 5.69. The van der Waals surface area contributed by atoms with Crippen molar-refractivity contribution in [1.82, 2.24) is 14.4 Å². The quantitative estimate of drug-likeness (QED) is 0.456. The molecule has 0 saturated carbocycles. The number of hydrogen-bond acceptors (Lipinski definition) is 4. The lowest BCUT2D eigenvalue weighted by Gasteiger charge is -2.06. The SMILES string of the molecule is COc1ccc(-c2cn3cccnc3n2)cc1N=C(N)CCl. The number of aromatic nitrogens is 3. The monoisotopic (exact) mass is 315 g/mol. The first kappa shape index (κ1) is 14.3. The van der Waals surface area contributed by atoms with Crippen molar-refractivity contribution in [2.45, 2.75) is 0 Å². The Bertz CT molecular complexity index is 810. The third-order valence-corrected chi connectivity index (χ3v) is 3.38. The molecule has 3 aromatic rings. The summed E-state index contributed by atoms with van der Waals surface area (Å²) in [6.45, 7) is 0. The average molecular weight is 316 g/mol. The van der Waals surface area contributed by atoms with Crippen LogP contribution in [0.25, 0.3) is 17.0 Å². The van der Waals surface area contributed by atoms with E-state index in [1.807, 2.05) is 41.1 Å². The second-order valence-corrected chi connectivity index (χ2v) is 4.84. The predicted molar refractivity (Wildman–Crippen MR) is 87.0 cm³/mol. The molecule has 1 aromatic carbocycles. The molecule has 0 saturated heterocycles. The number of alkyl halides is 1. The number of benzene rings is 1. The van der Waals surface area contributed by atoms with Crippen molar-refractivity contribution in [2.24, 2.45) is 10.7 Å². The summed E-state index contributed by atoms with van der Waals surface area (Å²) < 4.78 is 7.15. The molecule has 0 bridgehead atoms. The zero-order valence-corrected chi connectivity index (χ0v) is 12.7. The number of hydrogen-bond donors (Lipinski definition) is 1. The molecule has 0 atom stereocenters. The van der Waals surface area contributed by atoms with Crippen LogP contribution in [0.3, 0.4) is 0 Å². The molecular formula is C15H14ClN5O. The lowest BCUT2D eigenvalue weighted by Crippen LogP contribution is -2.12. The Balaban J connectivity index is 2.09. The van der Waals surface area contributed by atoms with E-state index in [0.717, 1.165) is 11.3 Å². The fourth-order valence-electron chi connectivity index (χ4n) is 2.09. The molecule has 0 amide bonds. The van der Waals surface area contributed by atoms with Crippen LogP contribution in [0.5, 0.6) is 5.75 Å². The maximum Gasteiger partial charge on any atom is 0.234 e. The van der Waals surface area contributed by atoms with Crippen LogP contribution < -0.4 is 10.5 Å². The first-order valence-electron chi connectivity index (χ1n) is 6.58. The molecule has 3 rings (SSSR count). The Hall–Kier alpha value is -2.60. The fraction of sp³-hybridized carbons (Fsp3) is 0.133. The first-order valence-corrected chi connectivity index (χ1v) is 7.12.